The van der Waals surface area contributed by atoms with Gasteiger partial charge in [0.05, 0.1) is 37.6 Å². The molecule has 0 aromatic carbocycles. The number of nitrogens with two attached hydrogens (primary N) is 1. The number of morpholine rings is 1. The average molecular weight is 268 g/mol. The molecular weight excluding hydrogens is 244 g/mol. The van der Waals surface area contributed by atoms with Gasteiger partial charge in [0, 0.05) is 26.2 Å². The van der Waals surface area contributed by atoms with Crippen molar-refractivity contribution in [2.45, 2.75) is 25.9 Å². The van der Waals surface area contributed by atoms with Crippen LogP contribution >= 0.6 is 0 Å². The zero-order valence-corrected chi connectivity index (χ0v) is 12.2. The van der Waals surface area contributed by atoms with Gasteiger partial charge >= 0.3 is 0 Å². The summed E-state index contributed by atoms with van der Waals surface area (Å²) in [6.45, 7) is 7.11. The quantitative estimate of drug-likeness (QED) is 0.859. The first-order valence-corrected chi connectivity index (χ1v) is 6.71. The molecule has 0 saturated carbocycles. The number of methoxy groups -OCH3 is 1. The number of aromatic nitrogens is 2. The van der Waals surface area contributed by atoms with Crippen LogP contribution < -0.4 is 10.5 Å². The second-order valence-corrected chi connectivity index (χ2v) is 5.05. The Balaban J connectivity index is 2.36. The summed E-state index contributed by atoms with van der Waals surface area (Å²) in [5.74, 6) is 0.798. The van der Waals surface area contributed by atoms with Gasteiger partial charge in [-0.2, -0.15) is 5.10 Å². The van der Waals surface area contributed by atoms with Crippen LogP contribution in [0.5, 0.6) is 5.88 Å². The van der Waals surface area contributed by atoms with Gasteiger partial charge in [-0.05, 0) is 13.8 Å². The molecule has 108 valence electrons. The number of hydrogen-bond acceptors (Lipinski definition) is 5. The Morgan fingerprint density at radius 3 is 2.89 bits per heavy atom. The van der Waals surface area contributed by atoms with Crippen molar-refractivity contribution in [1.82, 2.24) is 14.7 Å². The summed E-state index contributed by atoms with van der Waals surface area (Å²) in [4.78, 5) is 2.38. The lowest BCUT2D eigenvalue weighted by molar-refractivity contribution is -0.0214. The lowest BCUT2D eigenvalue weighted by Crippen LogP contribution is -2.47. The van der Waals surface area contributed by atoms with Gasteiger partial charge in [-0.1, -0.05) is 0 Å². The van der Waals surface area contributed by atoms with Crippen molar-refractivity contribution in [3.8, 4) is 5.88 Å². The first-order chi connectivity index (χ1) is 9.10. The summed E-state index contributed by atoms with van der Waals surface area (Å²) in [6, 6.07) is 0.481. The predicted octanol–water partition coefficient (Wildman–Crippen LogP) is 0.458. The van der Waals surface area contributed by atoms with Crippen molar-refractivity contribution in [1.29, 1.82) is 0 Å². The van der Waals surface area contributed by atoms with Gasteiger partial charge < -0.3 is 15.2 Å². The molecule has 0 radical (unpaired) electrons. The Bertz CT molecular complexity index is 433. The molecule has 1 aromatic heterocycles. The molecule has 0 amide bonds. The van der Waals surface area contributed by atoms with Crippen LogP contribution in [0.25, 0.3) is 0 Å². The molecule has 0 aliphatic carbocycles. The summed E-state index contributed by atoms with van der Waals surface area (Å²) < 4.78 is 12.8. The van der Waals surface area contributed by atoms with E-state index in [0.29, 0.717) is 12.6 Å². The van der Waals surface area contributed by atoms with E-state index in [1.807, 2.05) is 14.0 Å². The molecule has 0 spiro atoms. The van der Waals surface area contributed by atoms with Crippen LogP contribution in [0.2, 0.25) is 0 Å². The van der Waals surface area contributed by atoms with Gasteiger partial charge in [-0.15, -0.1) is 0 Å². The number of aryl methyl sites for hydroxylation is 2. The van der Waals surface area contributed by atoms with Crippen LogP contribution in [0.3, 0.4) is 0 Å². The van der Waals surface area contributed by atoms with Gasteiger partial charge in [0.15, 0.2) is 0 Å². The fourth-order valence-corrected chi connectivity index (χ4v) is 2.90. The average Bonchev–Trinajstić information content (AvgIpc) is 2.67. The third-order valence-corrected chi connectivity index (χ3v) is 3.78. The molecule has 19 heavy (non-hydrogen) atoms. The third kappa shape index (κ3) is 2.61. The summed E-state index contributed by atoms with van der Waals surface area (Å²) in [5.41, 5.74) is 8.10. The van der Waals surface area contributed by atoms with E-state index in [1.165, 1.54) is 0 Å². The second-order valence-electron chi connectivity index (χ2n) is 5.05. The number of hydrogen-bond donors (Lipinski definition) is 1. The first kappa shape index (κ1) is 14.3. The molecule has 2 unspecified atom stereocenters. The van der Waals surface area contributed by atoms with Gasteiger partial charge in [0.2, 0.25) is 5.88 Å². The lowest BCUT2D eigenvalue weighted by Gasteiger charge is -2.39. The summed E-state index contributed by atoms with van der Waals surface area (Å²) in [5, 5.41) is 4.45. The Kier molecular flexibility index (Phi) is 4.44. The van der Waals surface area contributed by atoms with Crippen LogP contribution in [0.15, 0.2) is 0 Å². The maximum Gasteiger partial charge on any atom is 0.216 e. The largest absolute Gasteiger partial charge is 0.481 e. The van der Waals surface area contributed by atoms with Crippen molar-refractivity contribution in [3.63, 3.8) is 0 Å². The lowest BCUT2D eigenvalue weighted by atomic mass is 10.0. The van der Waals surface area contributed by atoms with Crippen molar-refractivity contribution in [2.75, 3.05) is 33.4 Å². The number of nitrogens with zero attached hydrogens (tertiary/aromatic N) is 3. The van der Waals surface area contributed by atoms with Gasteiger partial charge in [-0.25, -0.2) is 4.68 Å². The summed E-state index contributed by atoms with van der Waals surface area (Å²) >= 11 is 0. The monoisotopic (exact) mass is 268 g/mol. The standard InChI is InChI=1S/C13H24N4O2/c1-9-8-19-6-5-17(9)11(7-14)12-10(2)15-16(3)13(12)18-4/h9,11H,5-8,14H2,1-4H3. The van der Waals surface area contributed by atoms with E-state index < -0.39 is 0 Å². The van der Waals surface area contributed by atoms with E-state index in [9.17, 15) is 0 Å². The Hall–Kier alpha value is -1.11. The molecule has 2 rings (SSSR count). The highest BCUT2D eigenvalue weighted by molar-refractivity contribution is 5.34. The summed E-state index contributed by atoms with van der Waals surface area (Å²) in [7, 11) is 3.57. The number of rotatable bonds is 4. The molecule has 1 aromatic rings. The molecule has 2 N–H and O–H groups in total. The SMILES string of the molecule is COc1c(C(CN)N2CCOCC2C)c(C)nn1C. The third-order valence-electron chi connectivity index (χ3n) is 3.78. The molecule has 6 heteroatoms. The molecule has 1 fully saturated rings. The van der Waals surface area contributed by atoms with Crippen LogP contribution in [-0.2, 0) is 11.8 Å². The minimum atomic E-state index is 0.127. The predicted molar refractivity (Wildman–Crippen MR) is 73.3 cm³/mol. The van der Waals surface area contributed by atoms with E-state index >= 15 is 0 Å². The van der Waals surface area contributed by atoms with Crippen LogP contribution in [0.4, 0.5) is 0 Å². The topological polar surface area (TPSA) is 65.5 Å². The zero-order chi connectivity index (χ0) is 14.0. The maximum atomic E-state index is 6.02. The molecule has 1 aliphatic heterocycles. The van der Waals surface area contributed by atoms with E-state index in [2.05, 4.69) is 16.9 Å². The smallest absolute Gasteiger partial charge is 0.216 e. The first-order valence-electron chi connectivity index (χ1n) is 6.71. The minimum absolute atomic E-state index is 0.127. The zero-order valence-electron chi connectivity index (χ0n) is 12.2. The van der Waals surface area contributed by atoms with Crippen LogP contribution in [0, 0.1) is 6.92 Å². The van der Waals surface area contributed by atoms with Crippen molar-refractivity contribution in [3.05, 3.63) is 11.3 Å². The minimum Gasteiger partial charge on any atom is -0.481 e. The fourth-order valence-electron chi connectivity index (χ4n) is 2.90. The highest BCUT2D eigenvalue weighted by Crippen LogP contribution is 2.33. The van der Waals surface area contributed by atoms with Gasteiger partial charge in [0.25, 0.3) is 0 Å². The fraction of sp³-hybridized carbons (Fsp3) is 0.769. The normalized spacial score (nSPS) is 22.5. The van der Waals surface area contributed by atoms with E-state index in [1.54, 1.807) is 11.8 Å². The highest BCUT2D eigenvalue weighted by Gasteiger charge is 2.31. The van der Waals surface area contributed by atoms with Crippen molar-refractivity contribution < 1.29 is 9.47 Å². The Labute approximate surface area is 114 Å². The molecule has 2 heterocycles. The van der Waals surface area contributed by atoms with Crippen LogP contribution in [0.1, 0.15) is 24.2 Å². The Morgan fingerprint density at radius 2 is 2.32 bits per heavy atom. The molecule has 6 nitrogen and oxygen atoms in total. The Morgan fingerprint density at radius 1 is 1.58 bits per heavy atom. The van der Waals surface area contributed by atoms with E-state index in [0.717, 1.165) is 36.9 Å². The van der Waals surface area contributed by atoms with Gasteiger partial charge in [-0.3, -0.25) is 4.90 Å². The molecule has 1 saturated heterocycles. The van der Waals surface area contributed by atoms with Gasteiger partial charge in [0.1, 0.15) is 0 Å². The summed E-state index contributed by atoms with van der Waals surface area (Å²) in [6.07, 6.45) is 0. The molecular formula is C13H24N4O2. The molecule has 0 bridgehead atoms. The van der Waals surface area contributed by atoms with E-state index in [4.69, 9.17) is 15.2 Å². The van der Waals surface area contributed by atoms with Crippen molar-refractivity contribution in [2.24, 2.45) is 12.8 Å². The molecule has 1 aliphatic rings. The number of ether oxygens (including phenoxy) is 2. The van der Waals surface area contributed by atoms with E-state index in [-0.39, 0.29) is 6.04 Å². The van der Waals surface area contributed by atoms with Crippen LogP contribution in [-0.4, -0.2) is 54.1 Å². The highest BCUT2D eigenvalue weighted by atomic mass is 16.5. The van der Waals surface area contributed by atoms with Crippen molar-refractivity contribution >= 4 is 0 Å². The second kappa shape index (κ2) is 5.90. The maximum absolute atomic E-state index is 6.02. The molecule has 2 atom stereocenters.